The van der Waals surface area contributed by atoms with Gasteiger partial charge in [-0.15, -0.1) is 0 Å². The van der Waals surface area contributed by atoms with Crippen LogP contribution in [0.15, 0.2) is 0 Å². The smallest absolute Gasteiger partial charge is 0.223 e. The van der Waals surface area contributed by atoms with Crippen molar-refractivity contribution in [1.29, 1.82) is 0 Å². The van der Waals surface area contributed by atoms with Crippen LogP contribution in [0.2, 0.25) is 0 Å². The summed E-state index contributed by atoms with van der Waals surface area (Å²) in [6.07, 6.45) is 4.70. The maximum absolute atomic E-state index is 12.1. The normalized spacial score (nSPS) is 36.2. The molecule has 4 heteroatoms. The third-order valence-corrected chi connectivity index (χ3v) is 5.54. The van der Waals surface area contributed by atoms with Crippen LogP contribution in [-0.4, -0.2) is 36.5 Å². The fourth-order valence-corrected chi connectivity index (χ4v) is 4.30. The van der Waals surface area contributed by atoms with Crippen molar-refractivity contribution in [3.63, 3.8) is 0 Å². The first-order valence-corrected chi connectivity index (χ1v) is 7.54. The number of carbonyl (C=O) groups is 1. The third kappa shape index (κ3) is 1.97. The molecule has 3 nitrogen and oxygen atoms in total. The average Bonchev–Trinajstić information content (AvgIpc) is 2.76. The quantitative estimate of drug-likeness (QED) is 0.756. The van der Waals surface area contributed by atoms with E-state index in [1.54, 1.807) is 0 Å². The molecule has 3 rings (SSSR count). The van der Waals surface area contributed by atoms with Gasteiger partial charge in [0.05, 0.1) is 0 Å². The van der Waals surface area contributed by atoms with Crippen LogP contribution in [0.3, 0.4) is 0 Å². The van der Waals surface area contributed by atoms with E-state index in [2.05, 4.69) is 10.6 Å². The maximum Gasteiger partial charge on any atom is 0.223 e. The largest absolute Gasteiger partial charge is 0.352 e. The van der Waals surface area contributed by atoms with Gasteiger partial charge in [-0.2, -0.15) is 11.8 Å². The molecule has 2 N–H and O–H groups in total. The van der Waals surface area contributed by atoms with Crippen molar-refractivity contribution < 1.29 is 4.79 Å². The van der Waals surface area contributed by atoms with Crippen LogP contribution < -0.4 is 10.6 Å². The molecule has 2 aliphatic heterocycles. The summed E-state index contributed by atoms with van der Waals surface area (Å²) in [5.74, 6) is 3.01. The molecule has 90 valence electrons. The van der Waals surface area contributed by atoms with Gasteiger partial charge in [-0.3, -0.25) is 4.79 Å². The second-order valence-corrected chi connectivity index (χ2v) is 6.59. The number of hydrogen-bond acceptors (Lipinski definition) is 3. The SMILES string of the molecule is O=C(NC1CCSC1)C1CC12CCNCC2. The van der Waals surface area contributed by atoms with Crippen molar-refractivity contribution >= 4 is 17.7 Å². The zero-order valence-electron chi connectivity index (χ0n) is 9.63. The van der Waals surface area contributed by atoms with Crippen LogP contribution in [-0.2, 0) is 4.79 Å². The van der Waals surface area contributed by atoms with Gasteiger partial charge >= 0.3 is 0 Å². The Morgan fingerprint density at radius 3 is 2.88 bits per heavy atom. The number of hydrogen-bond donors (Lipinski definition) is 2. The summed E-state index contributed by atoms with van der Waals surface area (Å²) in [6.45, 7) is 2.20. The summed E-state index contributed by atoms with van der Waals surface area (Å²) in [6, 6.07) is 0.455. The lowest BCUT2D eigenvalue weighted by atomic mass is 9.91. The monoisotopic (exact) mass is 240 g/mol. The van der Waals surface area contributed by atoms with Crippen LogP contribution in [0, 0.1) is 11.3 Å². The predicted molar refractivity (Wildman–Crippen MR) is 66.5 cm³/mol. The van der Waals surface area contributed by atoms with E-state index in [4.69, 9.17) is 0 Å². The number of nitrogens with one attached hydrogen (secondary N) is 2. The Labute approximate surface area is 101 Å². The first-order valence-electron chi connectivity index (χ1n) is 6.39. The minimum Gasteiger partial charge on any atom is -0.352 e. The first kappa shape index (κ1) is 10.9. The molecule has 3 fully saturated rings. The van der Waals surface area contributed by atoms with E-state index in [-0.39, 0.29) is 0 Å². The molecule has 3 aliphatic rings. The van der Waals surface area contributed by atoms with Gasteiger partial charge in [-0.1, -0.05) is 0 Å². The lowest BCUT2D eigenvalue weighted by molar-refractivity contribution is -0.123. The molecular formula is C12H20N2OS. The minimum absolute atomic E-state index is 0.334. The molecule has 0 aromatic heterocycles. The molecule has 1 spiro atoms. The Morgan fingerprint density at radius 1 is 1.38 bits per heavy atom. The standard InChI is InChI=1S/C12H20N2OS/c15-11(14-9-1-6-16-8-9)10-7-12(10)2-4-13-5-3-12/h9-10,13H,1-8H2,(H,14,15). The molecule has 0 aromatic carbocycles. The van der Waals surface area contributed by atoms with Gasteiger partial charge in [-0.05, 0) is 49.9 Å². The fraction of sp³-hybridized carbons (Fsp3) is 0.917. The van der Waals surface area contributed by atoms with Gasteiger partial charge in [0.15, 0.2) is 0 Å². The summed E-state index contributed by atoms with van der Waals surface area (Å²) < 4.78 is 0. The van der Waals surface area contributed by atoms with E-state index in [0.717, 1.165) is 31.7 Å². The van der Waals surface area contributed by atoms with E-state index < -0.39 is 0 Å². The van der Waals surface area contributed by atoms with Gasteiger partial charge in [-0.25, -0.2) is 0 Å². The molecule has 2 unspecified atom stereocenters. The van der Waals surface area contributed by atoms with Crippen molar-refractivity contribution in [3.05, 3.63) is 0 Å². The number of rotatable bonds is 2. The summed E-state index contributed by atoms with van der Waals surface area (Å²) in [5.41, 5.74) is 0.390. The van der Waals surface area contributed by atoms with Crippen molar-refractivity contribution in [2.45, 2.75) is 31.7 Å². The van der Waals surface area contributed by atoms with Gasteiger partial charge in [0.1, 0.15) is 0 Å². The van der Waals surface area contributed by atoms with E-state index in [1.807, 2.05) is 11.8 Å². The first-order chi connectivity index (χ1) is 7.80. The van der Waals surface area contributed by atoms with Gasteiger partial charge < -0.3 is 10.6 Å². The summed E-state index contributed by atoms with van der Waals surface area (Å²) in [5, 5.41) is 6.61. The van der Waals surface area contributed by atoms with Gasteiger partial charge in [0, 0.05) is 17.7 Å². The molecule has 1 amide bonds. The second kappa shape index (κ2) is 4.22. The highest BCUT2D eigenvalue weighted by atomic mass is 32.2. The summed E-state index contributed by atoms with van der Waals surface area (Å²) in [7, 11) is 0. The maximum atomic E-state index is 12.1. The highest BCUT2D eigenvalue weighted by Crippen LogP contribution is 2.58. The Bertz CT molecular complexity index is 283. The molecule has 16 heavy (non-hydrogen) atoms. The summed E-state index contributed by atoms with van der Waals surface area (Å²) in [4.78, 5) is 12.1. The third-order valence-electron chi connectivity index (χ3n) is 4.38. The Balaban J connectivity index is 1.52. The van der Waals surface area contributed by atoms with E-state index in [9.17, 15) is 4.79 Å². The lowest BCUT2D eigenvalue weighted by Crippen LogP contribution is -2.38. The Hall–Kier alpha value is -0.220. The predicted octanol–water partition coefficient (Wildman–Crippen LogP) is 0.998. The van der Waals surface area contributed by atoms with Crippen molar-refractivity contribution in [1.82, 2.24) is 10.6 Å². The second-order valence-electron chi connectivity index (χ2n) is 5.44. The lowest BCUT2D eigenvalue weighted by Gasteiger charge is -2.23. The summed E-state index contributed by atoms with van der Waals surface area (Å²) >= 11 is 1.96. The minimum atomic E-state index is 0.334. The zero-order valence-corrected chi connectivity index (χ0v) is 10.4. The molecular weight excluding hydrogens is 220 g/mol. The zero-order chi connectivity index (χ0) is 11.0. The highest BCUT2D eigenvalue weighted by molar-refractivity contribution is 7.99. The molecule has 2 saturated heterocycles. The van der Waals surface area contributed by atoms with E-state index in [1.165, 1.54) is 18.6 Å². The van der Waals surface area contributed by atoms with Crippen molar-refractivity contribution in [2.75, 3.05) is 24.6 Å². The fourth-order valence-electron chi connectivity index (χ4n) is 3.15. The average molecular weight is 240 g/mol. The van der Waals surface area contributed by atoms with Gasteiger partial charge in [0.25, 0.3) is 0 Å². The van der Waals surface area contributed by atoms with E-state index in [0.29, 0.717) is 23.3 Å². The number of carbonyl (C=O) groups excluding carboxylic acids is 1. The van der Waals surface area contributed by atoms with Crippen LogP contribution in [0.5, 0.6) is 0 Å². The van der Waals surface area contributed by atoms with Gasteiger partial charge in [0.2, 0.25) is 5.91 Å². The van der Waals surface area contributed by atoms with Crippen molar-refractivity contribution in [3.8, 4) is 0 Å². The van der Waals surface area contributed by atoms with Crippen LogP contribution in [0.25, 0.3) is 0 Å². The topological polar surface area (TPSA) is 41.1 Å². The van der Waals surface area contributed by atoms with Crippen LogP contribution >= 0.6 is 11.8 Å². The molecule has 1 saturated carbocycles. The number of thioether (sulfide) groups is 1. The van der Waals surface area contributed by atoms with Crippen LogP contribution in [0.4, 0.5) is 0 Å². The molecule has 0 aromatic rings. The van der Waals surface area contributed by atoms with Crippen molar-refractivity contribution in [2.24, 2.45) is 11.3 Å². The molecule has 2 atom stereocenters. The number of amides is 1. The number of piperidine rings is 1. The molecule has 1 aliphatic carbocycles. The van der Waals surface area contributed by atoms with E-state index >= 15 is 0 Å². The van der Waals surface area contributed by atoms with Crippen LogP contribution in [0.1, 0.15) is 25.7 Å². The Kier molecular flexibility index (Phi) is 2.88. The molecule has 2 heterocycles. The molecule has 0 bridgehead atoms. The Morgan fingerprint density at radius 2 is 2.19 bits per heavy atom. The molecule has 0 radical (unpaired) electrons. The highest BCUT2D eigenvalue weighted by Gasteiger charge is 2.57.